The first-order chi connectivity index (χ1) is 9.19. The van der Waals surface area contributed by atoms with Crippen LogP contribution in [0.3, 0.4) is 0 Å². The number of amides is 1. The van der Waals surface area contributed by atoms with E-state index in [1.54, 1.807) is 11.9 Å². The van der Waals surface area contributed by atoms with Gasteiger partial charge < -0.3 is 14.4 Å². The number of halogens is 1. The van der Waals surface area contributed by atoms with Gasteiger partial charge >= 0.3 is 0 Å². The molecule has 1 rings (SSSR count). The van der Waals surface area contributed by atoms with Crippen molar-refractivity contribution in [2.24, 2.45) is 0 Å². The molecule has 0 radical (unpaired) electrons. The summed E-state index contributed by atoms with van der Waals surface area (Å²) in [6.07, 6.45) is 0.750. The van der Waals surface area contributed by atoms with Crippen molar-refractivity contribution in [3.05, 3.63) is 24.3 Å². The smallest absolute Gasteiger partial charge is 0.237 e. The minimum atomic E-state index is -0.0728. The molecule has 0 N–H and O–H groups in total. The SMILES string of the molecule is CCOc1ccccc1OCCCN(C)C(=O)CCl. The van der Waals surface area contributed by atoms with Crippen LogP contribution in [0.15, 0.2) is 24.3 Å². The lowest BCUT2D eigenvalue weighted by molar-refractivity contribution is -0.127. The van der Waals surface area contributed by atoms with Crippen LogP contribution in [-0.2, 0) is 4.79 Å². The summed E-state index contributed by atoms with van der Waals surface area (Å²) in [4.78, 5) is 12.9. The van der Waals surface area contributed by atoms with Gasteiger partial charge in [0, 0.05) is 13.6 Å². The Balaban J connectivity index is 2.35. The highest BCUT2D eigenvalue weighted by Gasteiger charge is 2.07. The Hall–Kier alpha value is -1.42. The van der Waals surface area contributed by atoms with Crippen molar-refractivity contribution in [3.8, 4) is 11.5 Å². The summed E-state index contributed by atoms with van der Waals surface area (Å²) in [6, 6.07) is 7.56. The molecule has 0 bridgehead atoms. The molecule has 0 aliphatic carbocycles. The van der Waals surface area contributed by atoms with E-state index in [1.807, 2.05) is 31.2 Å². The number of carbonyl (C=O) groups excluding carboxylic acids is 1. The molecule has 0 saturated heterocycles. The van der Waals surface area contributed by atoms with E-state index in [0.717, 1.165) is 17.9 Å². The molecule has 0 saturated carbocycles. The van der Waals surface area contributed by atoms with E-state index in [0.29, 0.717) is 19.8 Å². The predicted octanol–water partition coefficient (Wildman–Crippen LogP) is 2.55. The first-order valence-electron chi connectivity index (χ1n) is 6.33. The summed E-state index contributed by atoms with van der Waals surface area (Å²) >= 11 is 5.47. The Morgan fingerprint density at radius 1 is 1.26 bits per heavy atom. The molecule has 1 aromatic rings. The van der Waals surface area contributed by atoms with E-state index in [2.05, 4.69) is 0 Å². The maximum Gasteiger partial charge on any atom is 0.237 e. The minimum absolute atomic E-state index is 0.0184. The van der Waals surface area contributed by atoms with Crippen molar-refractivity contribution in [1.82, 2.24) is 4.90 Å². The summed E-state index contributed by atoms with van der Waals surface area (Å²) in [5.41, 5.74) is 0. The largest absolute Gasteiger partial charge is 0.490 e. The first-order valence-corrected chi connectivity index (χ1v) is 6.87. The van der Waals surface area contributed by atoms with Crippen LogP contribution >= 0.6 is 11.6 Å². The Morgan fingerprint density at radius 2 is 1.89 bits per heavy atom. The Labute approximate surface area is 119 Å². The molecular formula is C14H20ClNO3. The van der Waals surface area contributed by atoms with Gasteiger partial charge in [-0.05, 0) is 25.5 Å². The summed E-state index contributed by atoms with van der Waals surface area (Å²) < 4.78 is 11.1. The zero-order valence-electron chi connectivity index (χ0n) is 11.4. The topological polar surface area (TPSA) is 38.8 Å². The number of carbonyl (C=O) groups is 1. The van der Waals surface area contributed by atoms with Crippen LogP contribution in [0, 0.1) is 0 Å². The van der Waals surface area contributed by atoms with Crippen LogP contribution in [0.5, 0.6) is 11.5 Å². The lowest BCUT2D eigenvalue weighted by atomic mass is 10.3. The van der Waals surface area contributed by atoms with E-state index in [-0.39, 0.29) is 11.8 Å². The van der Waals surface area contributed by atoms with Gasteiger partial charge in [0.05, 0.1) is 13.2 Å². The molecule has 0 spiro atoms. The lowest BCUT2D eigenvalue weighted by Crippen LogP contribution is -2.29. The molecule has 0 aliphatic rings. The molecule has 0 atom stereocenters. The number of benzene rings is 1. The molecule has 0 fully saturated rings. The molecular weight excluding hydrogens is 266 g/mol. The van der Waals surface area contributed by atoms with E-state index in [9.17, 15) is 4.79 Å². The third kappa shape index (κ3) is 5.39. The summed E-state index contributed by atoms with van der Waals surface area (Å²) in [5.74, 6) is 1.42. The third-order valence-electron chi connectivity index (χ3n) is 2.58. The molecule has 5 heteroatoms. The molecule has 0 aromatic heterocycles. The number of nitrogens with zero attached hydrogens (tertiary/aromatic N) is 1. The fraction of sp³-hybridized carbons (Fsp3) is 0.500. The Kier molecular flexibility index (Phi) is 7.11. The van der Waals surface area contributed by atoms with Crippen molar-refractivity contribution in [3.63, 3.8) is 0 Å². The zero-order valence-corrected chi connectivity index (χ0v) is 12.2. The van der Waals surface area contributed by atoms with Gasteiger partial charge in [-0.15, -0.1) is 11.6 Å². The average molecular weight is 286 g/mol. The van der Waals surface area contributed by atoms with E-state index in [4.69, 9.17) is 21.1 Å². The molecule has 19 heavy (non-hydrogen) atoms. The van der Waals surface area contributed by atoms with Crippen LogP contribution < -0.4 is 9.47 Å². The second kappa shape index (κ2) is 8.64. The Morgan fingerprint density at radius 3 is 2.47 bits per heavy atom. The van der Waals surface area contributed by atoms with Crippen LogP contribution in [0.2, 0.25) is 0 Å². The van der Waals surface area contributed by atoms with Gasteiger partial charge in [-0.25, -0.2) is 0 Å². The molecule has 4 nitrogen and oxygen atoms in total. The predicted molar refractivity (Wildman–Crippen MR) is 76.1 cm³/mol. The quantitative estimate of drug-likeness (QED) is 0.544. The van der Waals surface area contributed by atoms with Crippen molar-refractivity contribution in [2.45, 2.75) is 13.3 Å². The van der Waals surface area contributed by atoms with Crippen molar-refractivity contribution in [1.29, 1.82) is 0 Å². The van der Waals surface area contributed by atoms with Gasteiger partial charge in [0.2, 0.25) is 5.91 Å². The van der Waals surface area contributed by atoms with Crippen LogP contribution in [-0.4, -0.2) is 43.5 Å². The number of hydrogen-bond acceptors (Lipinski definition) is 3. The van der Waals surface area contributed by atoms with Gasteiger partial charge in [0.15, 0.2) is 11.5 Å². The maximum absolute atomic E-state index is 11.2. The molecule has 0 unspecified atom stereocenters. The molecule has 106 valence electrons. The second-order valence-corrected chi connectivity index (χ2v) is 4.30. The number of para-hydroxylation sites is 2. The fourth-order valence-electron chi connectivity index (χ4n) is 1.55. The number of ether oxygens (including phenoxy) is 2. The summed E-state index contributed by atoms with van der Waals surface area (Å²) in [6.45, 7) is 3.70. The van der Waals surface area contributed by atoms with E-state index in [1.165, 1.54) is 0 Å². The number of hydrogen-bond donors (Lipinski definition) is 0. The fourth-order valence-corrected chi connectivity index (χ4v) is 1.76. The van der Waals surface area contributed by atoms with Gasteiger partial charge in [0.25, 0.3) is 0 Å². The lowest BCUT2D eigenvalue weighted by Gasteiger charge is -2.16. The minimum Gasteiger partial charge on any atom is -0.490 e. The molecule has 1 aromatic carbocycles. The Bertz CT molecular complexity index is 398. The van der Waals surface area contributed by atoms with Gasteiger partial charge in [0.1, 0.15) is 5.88 Å². The maximum atomic E-state index is 11.2. The molecule has 1 amide bonds. The highest BCUT2D eigenvalue weighted by molar-refractivity contribution is 6.27. The van der Waals surface area contributed by atoms with Crippen molar-refractivity contribution in [2.75, 3.05) is 32.7 Å². The van der Waals surface area contributed by atoms with Crippen molar-refractivity contribution < 1.29 is 14.3 Å². The summed E-state index contributed by atoms with van der Waals surface area (Å²) in [7, 11) is 1.73. The zero-order chi connectivity index (χ0) is 14.1. The normalized spacial score (nSPS) is 10.1. The number of rotatable bonds is 8. The van der Waals surface area contributed by atoms with Gasteiger partial charge in [-0.2, -0.15) is 0 Å². The molecule has 0 aliphatic heterocycles. The van der Waals surface area contributed by atoms with E-state index >= 15 is 0 Å². The highest BCUT2D eigenvalue weighted by Crippen LogP contribution is 2.26. The number of alkyl halides is 1. The van der Waals surface area contributed by atoms with Crippen LogP contribution in [0.4, 0.5) is 0 Å². The van der Waals surface area contributed by atoms with Crippen LogP contribution in [0.1, 0.15) is 13.3 Å². The third-order valence-corrected chi connectivity index (χ3v) is 2.81. The van der Waals surface area contributed by atoms with Gasteiger partial charge in [-0.1, -0.05) is 12.1 Å². The molecule has 0 heterocycles. The second-order valence-electron chi connectivity index (χ2n) is 4.03. The van der Waals surface area contributed by atoms with Crippen molar-refractivity contribution >= 4 is 17.5 Å². The van der Waals surface area contributed by atoms with E-state index < -0.39 is 0 Å². The van der Waals surface area contributed by atoms with Gasteiger partial charge in [-0.3, -0.25) is 4.79 Å². The highest BCUT2D eigenvalue weighted by atomic mass is 35.5. The van der Waals surface area contributed by atoms with Crippen LogP contribution in [0.25, 0.3) is 0 Å². The first kappa shape index (κ1) is 15.6. The standard InChI is InChI=1S/C14H20ClNO3/c1-3-18-12-7-4-5-8-13(12)19-10-6-9-16(2)14(17)11-15/h4-5,7-8H,3,6,9-11H2,1-2H3. The summed E-state index contributed by atoms with van der Waals surface area (Å²) in [5, 5.41) is 0. The monoisotopic (exact) mass is 285 g/mol. The average Bonchev–Trinajstić information content (AvgIpc) is 2.44.